The maximum absolute atomic E-state index is 5.79. The van der Waals surface area contributed by atoms with Crippen LogP contribution in [0.4, 0.5) is 0 Å². The maximum Gasteiger partial charge on any atom is 0.119 e. The van der Waals surface area contributed by atoms with E-state index in [0.29, 0.717) is 5.25 Å². The van der Waals surface area contributed by atoms with Gasteiger partial charge in [-0.05, 0) is 36.3 Å². The van der Waals surface area contributed by atoms with E-state index in [1.807, 2.05) is 30.8 Å². The maximum atomic E-state index is 5.79. The first kappa shape index (κ1) is 14.4. The Morgan fingerprint density at radius 1 is 1.29 bits per heavy atom. The number of ether oxygens (including phenoxy) is 1. The summed E-state index contributed by atoms with van der Waals surface area (Å²) in [6, 6.07) is 8.41. The second-order valence-corrected chi connectivity index (χ2v) is 6.28. The zero-order chi connectivity index (χ0) is 12.7. The standard InChI is InChI=1S/C14H23NOS/c1-11(2)17-8-7-16-14-6-4-5-13(10-14)9-12(3)15/h4-6,10-12H,7-9,15H2,1-3H3. The summed E-state index contributed by atoms with van der Waals surface area (Å²) in [6.45, 7) is 7.19. The Labute approximate surface area is 109 Å². The zero-order valence-electron chi connectivity index (χ0n) is 11.0. The first-order valence-electron chi connectivity index (χ1n) is 6.17. The predicted octanol–water partition coefficient (Wildman–Crippen LogP) is 3.10. The molecule has 0 saturated heterocycles. The minimum Gasteiger partial charge on any atom is -0.493 e. The third kappa shape index (κ3) is 6.59. The van der Waals surface area contributed by atoms with Crippen molar-refractivity contribution in [2.75, 3.05) is 12.4 Å². The molecule has 0 amide bonds. The molecule has 17 heavy (non-hydrogen) atoms. The molecule has 1 aromatic carbocycles. The monoisotopic (exact) mass is 253 g/mol. The molecule has 96 valence electrons. The topological polar surface area (TPSA) is 35.2 Å². The summed E-state index contributed by atoms with van der Waals surface area (Å²) < 4.78 is 5.72. The fourth-order valence-electron chi connectivity index (χ4n) is 1.58. The number of thioether (sulfide) groups is 1. The van der Waals surface area contributed by atoms with Crippen LogP contribution in [0.25, 0.3) is 0 Å². The summed E-state index contributed by atoms with van der Waals surface area (Å²) in [4.78, 5) is 0. The van der Waals surface area contributed by atoms with E-state index in [1.165, 1.54) is 5.56 Å². The Kier molecular flexibility index (Phi) is 6.45. The van der Waals surface area contributed by atoms with Gasteiger partial charge in [0.15, 0.2) is 0 Å². The minimum absolute atomic E-state index is 0.196. The average molecular weight is 253 g/mol. The Balaban J connectivity index is 2.37. The van der Waals surface area contributed by atoms with Crippen LogP contribution in [-0.2, 0) is 6.42 Å². The Hall–Kier alpha value is -0.670. The van der Waals surface area contributed by atoms with E-state index in [9.17, 15) is 0 Å². The molecular formula is C14H23NOS. The Morgan fingerprint density at radius 2 is 2.06 bits per heavy atom. The highest BCUT2D eigenvalue weighted by Crippen LogP contribution is 2.15. The van der Waals surface area contributed by atoms with Gasteiger partial charge in [0.2, 0.25) is 0 Å². The molecule has 2 nitrogen and oxygen atoms in total. The van der Waals surface area contributed by atoms with Crippen molar-refractivity contribution < 1.29 is 4.74 Å². The lowest BCUT2D eigenvalue weighted by Crippen LogP contribution is -2.17. The lowest BCUT2D eigenvalue weighted by Gasteiger charge is -2.10. The molecular weight excluding hydrogens is 230 g/mol. The smallest absolute Gasteiger partial charge is 0.119 e. The molecule has 0 aliphatic carbocycles. The van der Waals surface area contributed by atoms with E-state index in [1.54, 1.807) is 0 Å². The minimum atomic E-state index is 0.196. The molecule has 1 aromatic rings. The van der Waals surface area contributed by atoms with E-state index in [0.717, 1.165) is 24.5 Å². The van der Waals surface area contributed by atoms with Gasteiger partial charge in [-0.1, -0.05) is 26.0 Å². The second-order valence-electron chi connectivity index (χ2n) is 4.60. The Morgan fingerprint density at radius 3 is 2.71 bits per heavy atom. The summed E-state index contributed by atoms with van der Waals surface area (Å²) in [5.74, 6) is 1.99. The summed E-state index contributed by atoms with van der Waals surface area (Å²) in [5, 5.41) is 0.669. The fourth-order valence-corrected chi connectivity index (χ4v) is 2.23. The van der Waals surface area contributed by atoms with Crippen LogP contribution in [-0.4, -0.2) is 23.7 Å². The highest BCUT2D eigenvalue weighted by Gasteiger charge is 2.00. The van der Waals surface area contributed by atoms with Crippen molar-refractivity contribution in [1.82, 2.24) is 0 Å². The van der Waals surface area contributed by atoms with E-state index in [2.05, 4.69) is 26.0 Å². The molecule has 0 aliphatic heterocycles. The van der Waals surface area contributed by atoms with E-state index in [-0.39, 0.29) is 6.04 Å². The number of rotatable bonds is 7. The highest BCUT2D eigenvalue weighted by atomic mass is 32.2. The summed E-state index contributed by atoms with van der Waals surface area (Å²) >= 11 is 1.92. The van der Waals surface area contributed by atoms with E-state index in [4.69, 9.17) is 10.5 Å². The fraction of sp³-hybridized carbons (Fsp3) is 0.571. The van der Waals surface area contributed by atoms with E-state index < -0.39 is 0 Å². The molecule has 1 atom stereocenters. The Bertz CT molecular complexity index is 326. The first-order chi connectivity index (χ1) is 8.08. The van der Waals surface area contributed by atoms with Crippen LogP contribution >= 0.6 is 11.8 Å². The van der Waals surface area contributed by atoms with E-state index >= 15 is 0 Å². The second kappa shape index (κ2) is 7.62. The van der Waals surface area contributed by atoms with Gasteiger partial charge in [-0.3, -0.25) is 0 Å². The molecule has 2 N–H and O–H groups in total. The summed E-state index contributed by atoms with van der Waals surface area (Å²) in [7, 11) is 0. The quantitative estimate of drug-likeness (QED) is 0.758. The summed E-state index contributed by atoms with van der Waals surface area (Å²) in [6.07, 6.45) is 0.901. The largest absolute Gasteiger partial charge is 0.493 e. The molecule has 0 aromatic heterocycles. The lowest BCUT2D eigenvalue weighted by molar-refractivity contribution is 0.343. The van der Waals surface area contributed by atoms with Gasteiger partial charge in [-0.2, -0.15) is 11.8 Å². The normalized spacial score (nSPS) is 12.8. The van der Waals surface area contributed by atoms with Gasteiger partial charge in [0.1, 0.15) is 5.75 Å². The first-order valence-corrected chi connectivity index (χ1v) is 7.21. The van der Waals surface area contributed by atoms with Crippen molar-refractivity contribution in [2.45, 2.75) is 38.5 Å². The zero-order valence-corrected chi connectivity index (χ0v) is 11.8. The number of hydrogen-bond donors (Lipinski definition) is 1. The van der Waals surface area contributed by atoms with Crippen molar-refractivity contribution in [1.29, 1.82) is 0 Å². The van der Waals surface area contributed by atoms with Crippen LogP contribution < -0.4 is 10.5 Å². The van der Waals surface area contributed by atoms with Crippen molar-refractivity contribution in [2.24, 2.45) is 5.73 Å². The van der Waals surface area contributed by atoms with Gasteiger partial charge in [0.25, 0.3) is 0 Å². The van der Waals surface area contributed by atoms with Crippen molar-refractivity contribution in [3.05, 3.63) is 29.8 Å². The third-order valence-corrected chi connectivity index (χ3v) is 3.33. The molecule has 0 saturated carbocycles. The van der Waals surface area contributed by atoms with Crippen molar-refractivity contribution in [3.63, 3.8) is 0 Å². The molecule has 3 heteroatoms. The van der Waals surface area contributed by atoms with Crippen LogP contribution in [0, 0.1) is 0 Å². The molecule has 1 rings (SSSR count). The predicted molar refractivity (Wildman–Crippen MR) is 76.9 cm³/mol. The molecule has 0 heterocycles. The molecule has 0 spiro atoms. The van der Waals surface area contributed by atoms with Crippen molar-refractivity contribution in [3.8, 4) is 5.75 Å². The van der Waals surface area contributed by atoms with Gasteiger partial charge >= 0.3 is 0 Å². The van der Waals surface area contributed by atoms with Crippen LogP contribution in [0.2, 0.25) is 0 Å². The van der Waals surface area contributed by atoms with Gasteiger partial charge in [-0.25, -0.2) is 0 Å². The van der Waals surface area contributed by atoms with Gasteiger partial charge < -0.3 is 10.5 Å². The van der Waals surface area contributed by atoms with Crippen molar-refractivity contribution >= 4 is 11.8 Å². The molecule has 0 fully saturated rings. The van der Waals surface area contributed by atoms with Crippen LogP contribution in [0.15, 0.2) is 24.3 Å². The number of hydrogen-bond acceptors (Lipinski definition) is 3. The SMILES string of the molecule is CC(N)Cc1cccc(OCCSC(C)C)c1. The van der Waals surface area contributed by atoms with Gasteiger partial charge in [-0.15, -0.1) is 0 Å². The molecule has 0 aliphatic rings. The van der Waals surface area contributed by atoms with Gasteiger partial charge in [0.05, 0.1) is 6.61 Å². The van der Waals surface area contributed by atoms with Crippen LogP contribution in [0.5, 0.6) is 5.75 Å². The summed E-state index contributed by atoms with van der Waals surface area (Å²) in [5.41, 5.74) is 7.03. The van der Waals surface area contributed by atoms with Crippen LogP contribution in [0.3, 0.4) is 0 Å². The number of benzene rings is 1. The molecule has 1 unspecified atom stereocenters. The highest BCUT2D eigenvalue weighted by molar-refractivity contribution is 7.99. The van der Waals surface area contributed by atoms with Gasteiger partial charge in [0, 0.05) is 11.8 Å². The lowest BCUT2D eigenvalue weighted by atomic mass is 10.1. The molecule has 0 radical (unpaired) electrons. The number of nitrogens with two attached hydrogens (primary N) is 1. The van der Waals surface area contributed by atoms with Crippen LogP contribution in [0.1, 0.15) is 26.3 Å². The third-order valence-electron chi connectivity index (χ3n) is 2.26. The molecule has 0 bridgehead atoms. The average Bonchev–Trinajstić information content (AvgIpc) is 2.24.